The standard InChI is InChI=1S/C23H22N4O3/c1-29-17-11-16(12-18(13-17)30-2)21(28)14-25-23-19-5-3-4-6-20(19)26-22(27-23)15-7-9-24-10-8-15/h3-13,21,28H,14H2,1-2H3,(H,25,26,27). The van der Waals surface area contributed by atoms with Crippen LogP contribution >= 0.6 is 0 Å². The second-order valence-corrected chi connectivity index (χ2v) is 6.69. The summed E-state index contributed by atoms with van der Waals surface area (Å²) in [5, 5.41) is 14.9. The molecule has 7 nitrogen and oxygen atoms in total. The first-order chi connectivity index (χ1) is 14.7. The summed E-state index contributed by atoms with van der Waals surface area (Å²) in [5.41, 5.74) is 2.38. The molecule has 4 aromatic rings. The lowest BCUT2D eigenvalue weighted by Crippen LogP contribution is -2.14. The predicted octanol–water partition coefficient (Wildman–Crippen LogP) is 3.85. The van der Waals surface area contributed by atoms with Gasteiger partial charge < -0.3 is 19.9 Å². The number of benzene rings is 2. The molecule has 7 heteroatoms. The molecule has 2 aromatic heterocycles. The molecule has 0 fully saturated rings. The van der Waals surface area contributed by atoms with Crippen LogP contribution in [0.15, 0.2) is 67.0 Å². The number of pyridine rings is 1. The van der Waals surface area contributed by atoms with Crippen LogP contribution in [0.4, 0.5) is 5.82 Å². The van der Waals surface area contributed by atoms with E-state index in [9.17, 15) is 5.11 Å². The monoisotopic (exact) mass is 402 g/mol. The molecule has 0 bridgehead atoms. The van der Waals surface area contributed by atoms with Crippen molar-refractivity contribution in [2.75, 3.05) is 26.1 Å². The number of hydrogen-bond acceptors (Lipinski definition) is 7. The van der Waals surface area contributed by atoms with Gasteiger partial charge in [0, 0.05) is 36.0 Å². The maximum atomic E-state index is 10.8. The molecule has 152 valence electrons. The minimum atomic E-state index is -0.785. The van der Waals surface area contributed by atoms with Crippen molar-refractivity contribution in [1.29, 1.82) is 0 Å². The molecule has 1 atom stereocenters. The zero-order valence-corrected chi connectivity index (χ0v) is 16.7. The highest BCUT2D eigenvalue weighted by Crippen LogP contribution is 2.28. The van der Waals surface area contributed by atoms with Gasteiger partial charge in [0.05, 0.1) is 25.8 Å². The van der Waals surface area contributed by atoms with E-state index in [0.29, 0.717) is 28.7 Å². The van der Waals surface area contributed by atoms with E-state index in [1.54, 1.807) is 44.8 Å². The van der Waals surface area contributed by atoms with Crippen molar-refractivity contribution >= 4 is 16.7 Å². The SMILES string of the molecule is COc1cc(OC)cc(C(O)CNc2nc(-c3ccncc3)nc3ccccc23)c1. The van der Waals surface area contributed by atoms with Crippen LogP contribution in [0, 0.1) is 0 Å². The Morgan fingerprint density at radius 2 is 1.63 bits per heavy atom. The second-order valence-electron chi connectivity index (χ2n) is 6.69. The summed E-state index contributed by atoms with van der Waals surface area (Å²) in [6.45, 7) is 0.257. The molecule has 0 aliphatic carbocycles. The molecule has 2 aromatic carbocycles. The van der Waals surface area contributed by atoms with Gasteiger partial charge in [-0.15, -0.1) is 0 Å². The Bertz CT molecular complexity index is 1130. The number of nitrogens with one attached hydrogen (secondary N) is 1. The number of aliphatic hydroxyl groups excluding tert-OH is 1. The van der Waals surface area contributed by atoms with Crippen LogP contribution < -0.4 is 14.8 Å². The van der Waals surface area contributed by atoms with Crippen LogP contribution in [0.2, 0.25) is 0 Å². The van der Waals surface area contributed by atoms with Crippen LogP contribution in [-0.4, -0.2) is 40.8 Å². The maximum absolute atomic E-state index is 10.8. The van der Waals surface area contributed by atoms with E-state index in [-0.39, 0.29) is 6.54 Å². The van der Waals surface area contributed by atoms with Gasteiger partial charge in [0.1, 0.15) is 17.3 Å². The topological polar surface area (TPSA) is 89.4 Å². The Labute approximate surface area is 174 Å². The third-order valence-electron chi connectivity index (χ3n) is 4.76. The predicted molar refractivity (Wildman–Crippen MR) is 116 cm³/mol. The molecule has 0 saturated carbocycles. The van der Waals surface area contributed by atoms with Gasteiger partial charge in [0.2, 0.25) is 0 Å². The van der Waals surface area contributed by atoms with Crippen molar-refractivity contribution in [2.45, 2.75) is 6.10 Å². The molecular weight excluding hydrogens is 380 g/mol. The van der Waals surface area contributed by atoms with Gasteiger partial charge in [-0.25, -0.2) is 9.97 Å². The van der Waals surface area contributed by atoms with E-state index in [1.165, 1.54) is 0 Å². The fraction of sp³-hybridized carbons (Fsp3) is 0.174. The molecule has 1 unspecified atom stereocenters. The summed E-state index contributed by atoms with van der Waals surface area (Å²) in [4.78, 5) is 13.4. The van der Waals surface area contributed by atoms with Crippen molar-refractivity contribution in [3.63, 3.8) is 0 Å². The lowest BCUT2D eigenvalue weighted by Gasteiger charge is -2.16. The molecule has 0 radical (unpaired) electrons. The van der Waals surface area contributed by atoms with Gasteiger partial charge in [-0.2, -0.15) is 0 Å². The summed E-state index contributed by atoms with van der Waals surface area (Å²) in [6.07, 6.45) is 2.63. The number of nitrogens with zero attached hydrogens (tertiary/aromatic N) is 3. The van der Waals surface area contributed by atoms with Gasteiger partial charge in [0.15, 0.2) is 5.82 Å². The molecule has 0 aliphatic rings. The smallest absolute Gasteiger partial charge is 0.162 e. The fourth-order valence-corrected chi connectivity index (χ4v) is 3.17. The Balaban J connectivity index is 1.64. The summed E-state index contributed by atoms with van der Waals surface area (Å²) >= 11 is 0. The highest BCUT2D eigenvalue weighted by atomic mass is 16.5. The lowest BCUT2D eigenvalue weighted by molar-refractivity contribution is 0.190. The van der Waals surface area contributed by atoms with Crippen molar-refractivity contribution in [3.8, 4) is 22.9 Å². The van der Waals surface area contributed by atoms with Gasteiger partial charge in [-0.05, 0) is 42.0 Å². The molecule has 0 saturated heterocycles. The number of para-hydroxylation sites is 1. The average molecular weight is 402 g/mol. The highest BCUT2D eigenvalue weighted by Gasteiger charge is 2.14. The van der Waals surface area contributed by atoms with Crippen LogP contribution in [0.25, 0.3) is 22.3 Å². The number of methoxy groups -OCH3 is 2. The molecule has 0 aliphatic heterocycles. The first-order valence-electron chi connectivity index (χ1n) is 9.50. The van der Waals surface area contributed by atoms with Gasteiger partial charge in [-0.3, -0.25) is 4.98 Å². The van der Waals surface area contributed by atoms with E-state index < -0.39 is 6.10 Å². The minimum Gasteiger partial charge on any atom is -0.497 e. The summed E-state index contributed by atoms with van der Waals surface area (Å²) in [7, 11) is 3.16. The van der Waals surface area contributed by atoms with Crippen molar-refractivity contribution in [1.82, 2.24) is 15.0 Å². The highest BCUT2D eigenvalue weighted by molar-refractivity contribution is 5.90. The van der Waals surface area contributed by atoms with Crippen molar-refractivity contribution in [2.24, 2.45) is 0 Å². The lowest BCUT2D eigenvalue weighted by atomic mass is 10.1. The van der Waals surface area contributed by atoms with Gasteiger partial charge >= 0.3 is 0 Å². The average Bonchev–Trinajstić information content (AvgIpc) is 2.82. The maximum Gasteiger partial charge on any atom is 0.162 e. The normalized spacial score (nSPS) is 11.8. The largest absolute Gasteiger partial charge is 0.497 e. The quantitative estimate of drug-likeness (QED) is 0.485. The number of rotatable bonds is 7. The van der Waals surface area contributed by atoms with Crippen molar-refractivity contribution in [3.05, 3.63) is 72.6 Å². The Morgan fingerprint density at radius 1 is 0.933 bits per heavy atom. The van der Waals surface area contributed by atoms with Crippen LogP contribution in [-0.2, 0) is 0 Å². The molecule has 2 N–H and O–H groups in total. The van der Waals surface area contributed by atoms with E-state index in [0.717, 1.165) is 16.5 Å². The number of ether oxygens (including phenoxy) is 2. The summed E-state index contributed by atoms with van der Waals surface area (Å²) < 4.78 is 10.6. The number of aliphatic hydroxyl groups is 1. The van der Waals surface area contributed by atoms with E-state index in [2.05, 4.69) is 15.3 Å². The number of aromatic nitrogens is 3. The zero-order valence-electron chi connectivity index (χ0n) is 16.7. The molecule has 4 rings (SSSR count). The molecule has 2 heterocycles. The molecule has 0 amide bonds. The van der Waals surface area contributed by atoms with Gasteiger partial charge in [0.25, 0.3) is 0 Å². The minimum absolute atomic E-state index is 0.257. The molecule has 30 heavy (non-hydrogen) atoms. The first-order valence-corrected chi connectivity index (χ1v) is 9.50. The Morgan fingerprint density at radius 3 is 2.33 bits per heavy atom. The number of anilines is 1. The van der Waals surface area contributed by atoms with E-state index in [1.807, 2.05) is 36.4 Å². The van der Waals surface area contributed by atoms with E-state index >= 15 is 0 Å². The number of fused-ring (bicyclic) bond motifs is 1. The fourth-order valence-electron chi connectivity index (χ4n) is 3.17. The van der Waals surface area contributed by atoms with Crippen LogP contribution in [0.1, 0.15) is 11.7 Å². The van der Waals surface area contributed by atoms with Gasteiger partial charge in [-0.1, -0.05) is 12.1 Å². The summed E-state index contributed by atoms with van der Waals surface area (Å²) in [6, 6.07) is 16.8. The van der Waals surface area contributed by atoms with E-state index in [4.69, 9.17) is 14.5 Å². The Hall–Kier alpha value is -3.71. The molecular formula is C23H22N4O3. The Kier molecular flexibility index (Phi) is 5.72. The van der Waals surface area contributed by atoms with Crippen LogP contribution in [0.5, 0.6) is 11.5 Å². The third kappa shape index (κ3) is 4.16. The van der Waals surface area contributed by atoms with Crippen LogP contribution in [0.3, 0.4) is 0 Å². The second kappa shape index (κ2) is 8.75. The third-order valence-corrected chi connectivity index (χ3v) is 4.76. The number of hydrogen-bond donors (Lipinski definition) is 2. The molecule has 0 spiro atoms. The van der Waals surface area contributed by atoms with Crippen molar-refractivity contribution < 1.29 is 14.6 Å². The first kappa shape index (κ1) is 19.6. The summed E-state index contributed by atoms with van der Waals surface area (Å²) in [5.74, 6) is 2.49. The zero-order chi connectivity index (χ0) is 20.9.